The molecule has 1 amide bonds. The van der Waals surface area contributed by atoms with Gasteiger partial charge in [0.15, 0.2) is 0 Å². The van der Waals surface area contributed by atoms with Crippen molar-refractivity contribution in [3.05, 3.63) is 70.8 Å². The Labute approximate surface area is 151 Å². The Morgan fingerprint density at radius 3 is 2.31 bits per heavy atom. The summed E-state index contributed by atoms with van der Waals surface area (Å²) < 4.78 is 37.6. The molecule has 3 nitrogen and oxygen atoms in total. The molecule has 0 radical (unpaired) electrons. The Morgan fingerprint density at radius 1 is 1.08 bits per heavy atom. The van der Waals surface area contributed by atoms with E-state index in [-0.39, 0.29) is 17.5 Å². The van der Waals surface area contributed by atoms with Crippen molar-refractivity contribution in [3.63, 3.8) is 0 Å². The fourth-order valence-electron chi connectivity index (χ4n) is 2.79. The van der Waals surface area contributed by atoms with E-state index < -0.39 is 11.7 Å². The van der Waals surface area contributed by atoms with Crippen molar-refractivity contribution in [2.75, 3.05) is 6.54 Å². The van der Waals surface area contributed by atoms with Crippen LogP contribution in [0.4, 0.5) is 13.2 Å². The van der Waals surface area contributed by atoms with Gasteiger partial charge in [0.05, 0.1) is 5.56 Å². The molecule has 6 heteroatoms. The van der Waals surface area contributed by atoms with Crippen LogP contribution in [-0.4, -0.2) is 18.5 Å². The second-order valence-electron chi connectivity index (χ2n) is 5.84. The summed E-state index contributed by atoms with van der Waals surface area (Å²) in [6.07, 6.45) is -3.59. The number of carbonyl (C=O) groups is 1. The first-order valence-electron chi connectivity index (χ1n) is 8.69. The predicted molar refractivity (Wildman–Crippen MR) is 95.9 cm³/mol. The van der Waals surface area contributed by atoms with Crippen molar-refractivity contribution in [1.29, 1.82) is 0 Å². The van der Waals surface area contributed by atoms with E-state index in [9.17, 15) is 18.0 Å². The molecule has 0 spiro atoms. The Balaban J connectivity index is 0.00000117. The van der Waals surface area contributed by atoms with E-state index in [0.29, 0.717) is 6.54 Å². The summed E-state index contributed by atoms with van der Waals surface area (Å²) in [4.78, 5) is 12.1. The summed E-state index contributed by atoms with van der Waals surface area (Å²) in [6.45, 7) is 5.17. The van der Waals surface area contributed by atoms with Gasteiger partial charge in [0.1, 0.15) is 0 Å². The highest BCUT2D eigenvalue weighted by Crippen LogP contribution is 2.29. The Kier molecular flexibility index (Phi) is 6.80. The highest BCUT2D eigenvalue weighted by molar-refractivity contribution is 5.94. The zero-order valence-corrected chi connectivity index (χ0v) is 14.9. The lowest BCUT2D eigenvalue weighted by molar-refractivity contribution is -0.137. The third kappa shape index (κ3) is 5.08. The molecule has 0 saturated heterocycles. The maximum atomic E-state index is 12.5. The molecule has 0 fully saturated rings. The lowest BCUT2D eigenvalue weighted by atomic mass is 9.96. The zero-order valence-electron chi connectivity index (χ0n) is 14.9. The largest absolute Gasteiger partial charge is 0.416 e. The maximum absolute atomic E-state index is 12.5. The van der Waals surface area contributed by atoms with Crippen LogP contribution in [0.2, 0.25) is 0 Å². The molecule has 0 aliphatic carbocycles. The minimum Gasteiger partial charge on any atom is -0.350 e. The highest BCUT2D eigenvalue weighted by atomic mass is 19.4. The summed E-state index contributed by atoms with van der Waals surface area (Å²) >= 11 is 0. The van der Waals surface area contributed by atoms with Crippen molar-refractivity contribution >= 4 is 5.91 Å². The molecule has 2 aromatic rings. The zero-order chi connectivity index (χ0) is 19.2. The van der Waals surface area contributed by atoms with E-state index in [1.807, 2.05) is 26.0 Å². The molecule has 26 heavy (non-hydrogen) atoms. The second kappa shape index (κ2) is 8.85. The number of fused-ring (bicyclic) bond motifs is 1. The van der Waals surface area contributed by atoms with E-state index in [1.165, 1.54) is 23.3 Å². The number of carbonyl (C=O) groups excluding carboxylic acids is 1. The van der Waals surface area contributed by atoms with E-state index in [4.69, 9.17) is 0 Å². The Morgan fingerprint density at radius 2 is 1.69 bits per heavy atom. The summed E-state index contributed by atoms with van der Waals surface area (Å²) in [5.74, 6) is -0.371. The van der Waals surface area contributed by atoms with Gasteiger partial charge in [-0.25, -0.2) is 0 Å². The van der Waals surface area contributed by atoms with Gasteiger partial charge in [0.2, 0.25) is 0 Å². The van der Waals surface area contributed by atoms with Crippen molar-refractivity contribution in [2.45, 2.75) is 39.0 Å². The second-order valence-corrected chi connectivity index (χ2v) is 5.84. The molecular weight excluding hydrogens is 341 g/mol. The SMILES string of the molecule is CC.O=C(NCC1Cc2ccccc2CN1)c1ccc(C(F)(F)F)cc1. The Bertz CT molecular complexity index is 727. The number of alkyl halides is 3. The fourth-order valence-corrected chi connectivity index (χ4v) is 2.79. The van der Waals surface area contributed by atoms with Gasteiger partial charge >= 0.3 is 6.18 Å². The lowest BCUT2D eigenvalue weighted by Gasteiger charge is -2.26. The molecule has 1 aliphatic rings. The molecule has 3 rings (SSSR count). The highest BCUT2D eigenvalue weighted by Gasteiger charge is 2.30. The van der Waals surface area contributed by atoms with Crippen LogP contribution < -0.4 is 10.6 Å². The molecule has 0 aromatic heterocycles. The number of hydrogen-bond donors (Lipinski definition) is 2. The smallest absolute Gasteiger partial charge is 0.350 e. The van der Waals surface area contributed by atoms with E-state index in [0.717, 1.165) is 25.1 Å². The molecule has 2 N–H and O–H groups in total. The molecule has 1 atom stereocenters. The van der Waals surface area contributed by atoms with Gasteiger partial charge in [-0.2, -0.15) is 13.2 Å². The average molecular weight is 364 g/mol. The van der Waals surface area contributed by atoms with Crippen molar-refractivity contribution in [3.8, 4) is 0 Å². The normalized spacial score (nSPS) is 16.1. The molecule has 0 saturated carbocycles. The Hall–Kier alpha value is -2.34. The molecule has 1 aliphatic heterocycles. The van der Waals surface area contributed by atoms with Gasteiger partial charge in [0.25, 0.3) is 5.91 Å². The van der Waals surface area contributed by atoms with Crippen LogP contribution in [0, 0.1) is 0 Å². The van der Waals surface area contributed by atoms with E-state index in [2.05, 4.69) is 22.8 Å². The van der Waals surface area contributed by atoms with Gasteiger partial charge in [-0.3, -0.25) is 4.79 Å². The average Bonchev–Trinajstić information content (AvgIpc) is 2.67. The van der Waals surface area contributed by atoms with Crippen molar-refractivity contribution in [2.24, 2.45) is 0 Å². The fraction of sp³-hybridized carbons (Fsp3) is 0.350. The number of halogens is 3. The quantitative estimate of drug-likeness (QED) is 0.858. The van der Waals surface area contributed by atoms with Gasteiger partial charge < -0.3 is 10.6 Å². The minimum absolute atomic E-state index is 0.110. The number of hydrogen-bond acceptors (Lipinski definition) is 2. The first-order valence-corrected chi connectivity index (χ1v) is 8.69. The summed E-state index contributed by atoms with van der Waals surface area (Å²) in [5, 5.41) is 6.12. The van der Waals surface area contributed by atoms with Crippen LogP contribution in [0.3, 0.4) is 0 Å². The monoisotopic (exact) mass is 364 g/mol. The van der Waals surface area contributed by atoms with Crippen LogP contribution >= 0.6 is 0 Å². The summed E-state index contributed by atoms with van der Waals surface area (Å²) in [6, 6.07) is 12.5. The minimum atomic E-state index is -4.39. The van der Waals surface area contributed by atoms with Gasteiger partial charge in [0, 0.05) is 24.7 Å². The third-order valence-corrected chi connectivity index (χ3v) is 4.15. The van der Waals surface area contributed by atoms with Crippen molar-refractivity contribution < 1.29 is 18.0 Å². The first-order chi connectivity index (χ1) is 12.4. The number of benzene rings is 2. The van der Waals surface area contributed by atoms with E-state index in [1.54, 1.807) is 0 Å². The van der Waals surface area contributed by atoms with Gasteiger partial charge in [-0.05, 0) is 41.8 Å². The molecule has 1 heterocycles. The predicted octanol–water partition coefficient (Wildman–Crippen LogP) is 4.18. The molecule has 140 valence electrons. The van der Waals surface area contributed by atoms with Crippen LogP contribution in [0.25, 0.3) is 0 Å². The van der Waals surface area contributed by atoms with Crippen LogP contribution in [0.1, 0.15) is 40.9 Å². The van der Waals surface area contributed by atoms with Crippen LogP contribution in [0.15, 0.2) is 48.5 Å². The number of rotatable bonds is 3. The first kappa shape index (κ1) is 20.0. The lowest BCUT2D eigenvalue weighted by Crippen LogP contribution is -2.44. The third-order valence-electron chi connectivity index (χ3n) is 4.15. The van der Waals surface area contributed by atoms with Crippen LogP contribution in [-0.2, 0) is 19.1 Å². The van der Waals surface area contributed by atoms with Gasteiger partial charge in [-0.15, -0.1) is 0 Å². The van der Waals surface area contributed by atoms with Crippen LogP contribution in [0.5, 0.6) is 0 Å². The number of nitrogens with one attached hydrogen (secondary N) is 2. The van der Waals surface area contributed by atoms with E-state index >= 15 is 0 Å². The standard InChI is InChI=1S/C18H17F3N2O.C2H6/c19-18(20,21)15-7-5-12(6-8-15)17(24)23-11-16-9-13-3-1-2-4-14(13)10-22-16;1-2/h1-8,16,22H,9-11H2,(H,23,24);1-2H3. The van der Waals surface area contributed by atoms with Crippen molar-refractivity contribution in [1.82, 2.24) is 10.6 Å². The molecule has 1 unspecified atom stereocenters. The molecule has 2 aromatic carbocycles. The molecule has 0 bridgehead atoms. The topological polar surface area (TPSA) is 41.1 Å². The molecular formula is C20H23F3N2O. The summed E-state index contributed by atoms with van der Waals surface area (Å²) in [5.41, 5.74) is 1.97. The summed E-state index contributed by atoms with van der Waals surface area (Å²) in [7, 11) is 0. The van der Waals surface area contributed by atoms with Gasteiger partial charge in [-0.1, -0.05) is 38.1 Å². The maximum Gasteiger partial charge on any atom is 0.416 e. The number of amides is 1.